The molecule has 7 nitrogen and oxygen atoms in total. The zero-order chi connectivity index (χ0) is 23.7. The highest BCUT2D eigenvalue weighted by Crippen LogP contribution is 2.54. The molecule has 0 spiro atoms. The number of terminal acetylenes is 1. The highest BCUT2D eigenvalue weighted by molar-refractivity contribution is 7.89. The lowest BCUT2D eigenvalue weighted by molar-refractivity contribution is -0.170. The molecular weight excluding hydrogens is 454 g/mol. The van der Waals surface area contributed by atoms with Crippen LogP contribution in [0.15, 0.2) is 53.4 Å². The van der Waals surface area contributed by atoms with Gasteiger partial charge in [0.05, 0.1) is 31.2 Å². The predicted octanol–water partition coefficient (Wildman–Crippen LogP) is 3.12. The number of rotatable bonds is 5. The summed E-state index contributed by atoms with van der Waals surface area (Å²) in [5, 5.41) is 0.398. The van der Waals surface area contributed by atoms with E-state index >= 15 is 0 Å². The molecule has 3 rings (SSSR count). The lowest BCUT2D eigenvalue weighted by Crippen LogP contribution is -2.47. The summed E-state index contributed by atoms with van der Waals surface area (Å²) in [4.78, 5) is 26.1. The molecule has 1 aliphatic rings. The van der Waals surface area contributed by atoms with Crippen molar-refractivity contribution >= 4 is 33.6 Å². The van der Waals surface area contributed by atoms with Crippen LogP contribution in [0.2, 0.25) is 5.02 Å². The number of benzene rings is 2. The lowest BCUT2D eigenvalue weighted by Gasteiger charge is -2.34. The molecule has 1 heterocycles. The standard InChI is InChI=1S/C23H22ClNO6S/c1-5-18-14-23(21(26)30-3,22(27)31-4)20(16-8-10-17(24)11-9-16)25(18)32(28,29)19-12-6-15(2)7-13-19/h1,6-13,18,20H,14H2,2-4H3/t18-,20+/m1/s1. The predicted molar refractivity (Wildman–Crippen MR) is 118 cm³/mol. The largest absolute Gasteiger partial charge is 0.468 e. The van der Waals surface area contributed by atoms with E-state index in [9.17, 15) is 18.0 Å². The van der Waals surface area contributed by atoms with Gasteiger partial charge in [-0.3, -0.25) is 9.59 Å². The molecule has 1 fully saturated rings. The summed E-state index contributed by atoms with van der Waals surface area (Å²) in [5.74, 6) is 0.553. The first-order valence-electron chi connectivity index (χ1n) is 9.62. The highest BCUT2D eigenvalue weighted by atomic mass is 35.5. The van der Waals surface area contributed by atoms with E-state index in [1.165, 1.54) is 24.3 Å². The third-order valence-corrected chi connectivity index (χ3v) is 7.76. The molecule has 0 aliphatic carbocycles. The topological polar surface area (TPSA) is 90.0 Å². The van der Waals surface area contributed by atoms with E-state index in [2.05, 4.69) is 5.92 Å². The van der Waals surface area contributed by atoms with E-state index in [4.69, 9.17) is 27.5 Å². The normalized spacial score (nSPS) is 20.3. The van der Waals surface area contributed by atoms with Crippen LogP contribution in [0.3, 0.4) is 0 Å². The molecule has 0 amide bonds. The summed E-state index contributed by atoms with van der Waals surface area (Å²) in [6.07, 6.45) is 5.41. The number of hydrogen-bond acceptors (Lipinski definition) is 6. The summed E-state index contributed by atoms with van der Waals surface area (Å²) < 4.78 is 38.5. The zero-order valence-electron chi connectivity index (χ0n) is 17.7. The summed E-state index contributed by atoms with van der Waals surface area (Å²) in [6, 6.07) is 9.95. The quantitative estimate of drug-likeness (QED) is 0.375. The number of methoxy groups -OCH3 is 2. The fraction of sp³-hybridized carbons (Fsp3) is 0.304. The van der Waals surface area contributed by atoms with Crippen LogP contribution in [-0.2, 0) is 29.1 Å². The van der Waals surface area contributed by atoms with Gasteiger partial charge in [0.2, 0.25) is 10.0 Å². The van der Waals surface area contributed by atoms with Crippen molar-refractivity contribution in [2.24, 2.45) is 5.41 Å². The minimum Gasteiger partial charge on any atom is -0.468 e. The maximum atomic E-state index is 13.8. The van der Waals surface area contributed by atoms with Crippen LogP contribution in [0.5, 0.6) is 0 Å². The summed E-state index contributed by atoms with van der Waals surface area (Å²) in [5.41, 5.74) is -0.795. The van der Waals surface area contributed by atoms with Gasteiger partial charge in [0, 0.05) is 11.4 Å². The fourth-order valence-corrected chi connectivity index (χ4v) is 5.99. The number of aryl methyl sites for hydroxylation is 1. The van der Waals surface area contributed by atoms with Gasteiger partial charge in [-0.15, -0.1) is 6.42 Å². The molecule has 0 saturated carbocycles. The molecule has 0 unspecified atom stereocenters. The van der Waals surface area contributed by atoms with Gasteiger partial charge < -0.3 is 9.47 Å². The van der Waals surface area contributed by atoms with Crippen molar-refractivity contribution in [3.63, 3.8) is 0 Å². The number of hydrogen-bond donors (Lipinski definition) is 0. The van der Waals surface area contributed by atoms with Gasteiger partial charge in [-0.05, 0) is 36.8 Å². The van der Waals surface area contributed by atoms with Crippen LogP contribution in [0, 0.1) is 24.7 Å². The Labute approximate surface area is 192 Å². The summed E-state index contributed by atoms with van der Waals surface area (Å²) in [6.45, 7) is 1.83. The maximum Gasteiger partial charge on any atom is 0.325 e. The first-order valence-corrected chi connectivity index (χ1v) is 11.4. The van der Waals surface area contributed by atoms with Crippen molar-refractivity contribution in [2.45, 2.75) is 30.3 Å². The van der Waals surface area contributed by atoms with Crippen LogP contribution >= 0.6 is 11.6 Å². The minimum atomic E-state index is -4.24. The van der Waals surface area contributed by atoms with E-state index in [0.29, 0.717) is 10.6 Å². The fourth-order valence-electron chi connectivity index (χ4n) is 4.09. The van der Waals surface area contributed by atoms with Gasteiger partial charge >= 0.3 is 11.9 Å². The molecule has 2 aromatic rings. The number of ether oxygens (including phenoxy) is 2. The average molecular weight is 476 g/mol. The Morgan fingerprint density at radius 2 is 1.59 bits per heavy atom. The van der Waals surface area contributed by atoms with Crippen LogP contribution in [0.4, 0.5) is 0 Å². The number of carbonyl (C=O) groups is 2. The van der Waals surface area contributed by atoms with Gasteiger partial charge in [0.15, 0.2) is 5.41 Å². The Morgan fingerprint density at radius 1 is 1.06 bits per heavy atom. The maximum absolute atomic E-state index is 13.8. The Kier molecular flexibility index (Phi) is 6.65. The smallest absolute Gasteiger partial charge is 0.325 e. The van der Waals surface area contributed by atoms with E-state index in [-0.39, 0.29) is 11.3 Å². The second-order valence-corrected chi connectivity index (χ2v) is 9.72. The van der Waals surface area contributed by atoms with E-state index in [0.717, 1.165) is 24.1 Å². The molecule has 0 bridgehead atoms. The molecule has 9 heteroatoms. The van der Waals surface area contributed by atoms with Gasteiger partial charge in [-0.1, -0.05) is 47.4 Å². The number of sulfonamides is 1. The Hall–Kier alpha value is -2.86. The van der Waals surface area contributed by atoms with Crippen LogP contribution < -0.4 is 0 Å². The monoisotopic (exact) mass is 475 g/mol. The van der Waals surface area contributed by atoms with Crippen molar-refractivity contribution in [3.8, 4) is 12.3 Å². The van der Waals surface area contributed by atoms with Gasteiger partial charge in [0.1, 0.15) is 0 Å². The van der Waals surface area contributed by atoms with Crippen LogP contribution in [0.1, 0.15) is 23.6 Å². The second-order valence-electron chi connectivity index (χ2n) is 7.44. The van der Waals surface area contributed by atoms with Crippen molar-refractivity contribution < 1.29 is 27.5 Å². The molecule has 0 aromatic heterocycles. The third kappa shape index (κ3) is 3.77. The first-order chi connectivity index (χ1) is 15.1. The minimum absolute atomic E-state index is 0.0205. The number of halogens is 1. The van der Waals surface area contributed by atoms with Gasteiger partial charge in [-0.2, -0.15) is 4.31 Å². The van der Waals surface area contributed by atoms with E-state index < -0.39 is 39.5 Å². The molecule has 168 valence electrons. The SMILES string of the molecule is C#C[C@@H]1CC(C(=O)OC)(C(=O)OC)[C@H](c2ccc(Cl)cc2)N1S(=O)(=O)c1ccc(C)cc1. The summed E-state index contributed by atoms with van der Waals surface area (Å²) >= 11 is 6.01. The van der Waals surface area contributed by atoms with E-state index in [1.807, 2.05) is 6.92 Å². The summed E-state index contributed by atoms with van der Waals surface area (Å²) in [7, 11) is -2.00. The number of esters is 2. The van der Waals surface area contributed by atoms with Crippen LogP contribution in [-0.4, -0.2) is 44.9 Å². The number of nitrogens with zero attached hydrogens (tertiary/aromatic N) is 1. The van der Waals surface area contributed by atoms with Crippen molar-refractivity contribution in [2.75, 3.05) is 14.2 Å². The highest BCUT2D eigenvalue weighted by Gasteiger charge is 2.66. The molecule has 1 aliphatic heterocycles. The third-order valence-electron chi connectivity index (χ3n) is 5.62. The first kappa shape index (κ1) is 23.8. The Bertz CT molecular complexity index is 1150. The van der Waals surface area contributed by atoms with E-state index in [1.54, 1.807) is 24.3 Å². The number of carbonyl (C=O) groups excluding carboxylic acids is 2. The zero-order valence-corrected chi connectivity index (χ0v) is 19.3. The van der Waals surface area contributed by atoms with Gasteiger partial charge in [0.25, 0.3) is 0 Å². The lowest BCUT2D eigenvalue weighted by atomic mass is 9.76. The molecule has 0 radical (unpaired) electrons. The van der Waals surface area contributed by atoms with Gasteiger partial charge in [-0.25, -0.2) is 8.42 Å². The molecular formula is C23H22ClNO6S. The Balaban J connectivity index is 2.34. The molecule has 2 aromatic carbocycles. The second kappa shape index (κ2) is 8.94. The average Bonchev–Trinajstić information content (AvgIpc) is 3.16. The molecule has 2 atom stereocenters. The Morgan fingerprint density at radius 3 is 2.06 bits per heavy atom. The molecule has 0 N–H and O–H groups in total. The van der Waals surface area contributed by atoms with Crippen molar-refractivity contribution in [1.29, 1.82) is 0 Å². The van der Waals surface area contributed by atoms with Crippen molar-refractivity contribution in [1.82, 2.24) is 4.31 Å². The van der Waals surface area contributed by atoms with Crippen LogP contribution in [0.25, 0.3) is 0 Å². The molecule has 1 saturated heterocycles. The van der Waals surface area contributed by atoms with Crippen molar-refractivity contribution in [3.05, 3.63) is 64.7 Å². The molecule has 32 heavy (non-hydrogen) atoms.